The average molecular weight is 1200 g/mol. The Kier molecular flexibility index (Phi) is 31.9. The van der Waals surface area contributed by atoms with Gasteiger partial charge in [-0.2, -0.15) is 5.11 Å². The van der Waals surface area contributed by atoms with Crippen molar-refractivity contribution < 1.29 is 9.13 Å². The van der Waals surface area contributed by atoms with Gasteiger partial charge in [0.15, 0.2) is 5.82 Å². The summed E-state index contributed by atoms with van der Waals surface area (Å²) >= 11 is 9.19. The molecule has 8 aromatic rings. The van der Waals surface area contributed by atoms with Gasteiger partial charge < -0.3 is 19.6 Å². The fourth-order valence-corrected chi connectivity index (χ4v) is 8.08. The van der Waals surface area contributed by atoms with Crippen LogP contribution in [-0.4, -0.2) is 77.6 Å². The number of nitrogens with zero attached hydrogens (tertiary/aromatic N) is 16. The van der Waals surface area contributed by atoms with Crippen LogP contribution in [0.5, 0.6) is 0 Å². The van der Waals surface area contributed by atoms with Gasteiger partial charge in [-0.15, -0.1) is 26.9 Å². The van der Waals surface area contributed by atoms with Crippen LogP contribution in [0.2, 0.25) is 0 Å². The Morgan fingerprint density at radius 3 is 1.14 bits per heavy atom. The van der Waals surface area contributed by atoms with Gasteiger partial charge in [0.1, 0.15) is 17.1 Å². The molecule has 0 fully saturated rings. The summed E-state index contributed by atoms with van der Waals surface area (Å²) in [6.07, 6.45) is 18.8. The molecule has 4 aromatic heterocycles. The van der Waals surface area contributed by atoms with Crippen LogP contribution < -0.4 is 28.7 Å². The maximum Gasteiger partial charge on any atom is 0.350 e. The Hall–Kier alpha value is -8.15. The zero-order valence-electron chi connectivity index (χ0n) is 48.9. The first-order chi connectivity index (χ1) is 39.9. The third kappa shape index (κ3) is 26.5. The summed E-state index contributed by atoms with van der Waals surface area (Å²) in [5.41, 5.74) is 8.73. The number of unbranched alkanes of at least 4 members (excludes halogenated alkanes) is 6. The third-order valence-electron chi connectivity index (χ3n) is 12.2. The van der Waals surface area contributed by atoms with Gasteiger partial charge in [0.05, 0.1) is 53.3 Å². The van der Waals surface area contributed by atoms with Gasteiger partial charge in [0.2, 0.25) is 0 Å². The van der Waals surface area contributed by atoms with E-state index < -0.39 is 0 Å². The topological polar surface area (TPSA) is 145 Å². The smallest absolute Gasteiger partial charge is 0.350 e. The number of aryl methyl sites for hydroxylation is 2. The lowest BCUT2D eigenvalue weighted by atomic mass is 10.2. The largest absolute Gasteiger partial charge is 0.378 e. The number of benzene rings is 4. The van der Waals surface area contributed by atoms with E-state index in [0.29, 0.717) is 5.82 Å². The quantitative estimate of drug-likeness (QED) is 0.0255. The molecule has 0 unspecified atom stereocenters. The molecule has 0 radical (unpaired) electrons. The van der Waals surface area contributed by atoms with Gasteiger partial charge in [-0.1, -0.05) is 54.4 Å². The first-order valence-electron chi connectivity index (χ1n) is 27.6. The first-order valence-corrected chi connectivity index (χ1v) is 29.2. The van der Waals surface area contributed by atoms with Gasteiger partial charge in [0, 0.05) is 115 Å². The average Bonchev–Trinajstić information content (AvgIpc) is 3.53. The summed E-state index contributed by atoms with van der Waals surface area (Å²) < 4.78 is 4.32. The summed E-state index contributed by atoms with van der Waals surface area (Å²) in [5, 5.41) is 35.1. The van der Waals surface area contributed by atoms with Crippen molar-refractivity contribution in [3.63, 3.8) is 0 Å². The highest BCUT2D eigenvalue weighted by Crippen LogP contribution is 2.24. The van der Waals surface area contributed by atoms with Crippen LogP contribution in [0.3, 0.4) is 0 Å². The molecule has 0 aliphatic heterocycles. The summed E-state index contributed by atoms with van der Waals surface area (Å²) in [4.78, 5) is 16.3. The van der Waals surface area contributed by atoms with Crippen molar-refractivity contribution in [1.82, 2.24) is 9.97 Å². The molecule has 18 heteroatoms. The molecule has 0 aliphatic rings. The Bertz CT molecular complexity index is 2890. The van der Waals surface area contributed by atoms with E-state index in [4.69, 9.17) is 11.6 Å². The molecule has 0 aliphatic carbocycles. The second-order valence-corrected chi connectivity index (χ2v) is 20.7. The van der Waals surface area contributed by atoms with E-state index in [1.54, 1.807) is 18.6 Å². The molecular formula is C65H84BrClN16+2. The fourth-order valence-electron chi connectivity index (χ4n) is 7.49. The molecule has 83 heavy (non-hydrogen) atoms. The van der Waals surface area contributed by atoms with Crippen LogP contribution in [0.1, 0.15) is 58.8 Å². The number of azo groups is 4. The monoisotopic (exact) mass is 1200 g/mol. The fraction of sp³-hybridized carbons (Fsp3) is 0.323. The minimum Gasteiger partial charge on any atom is -0.378 e. The summed E-state index contributed by atoms with van der Waals surface area (Å²) in [6, 6.07) is 53.3. The Morgan fingerprint density at radius 2 is 0.771 bits per heavy atom. The Balaban J connectivity index is 0.000000240. The lowest BCUT2D eigenvalue weighted by Gasteiger charge is -2.11. The van der Waals surface area contributed by atoms with E-state index in [1.807, 2.05) is 218 Å². The van der Waals surface area contributed by atoms with Crippen molar-refractivity contribution in [3.8, 4) is 0 Å². The Morgan fingerprint density at radius 1 is 0.386 bits per heavy atom. The molecule has 0 saturated heterocycles. The highest BCUT2D eigenvalue weighted by Gasteiger charge is 2.10. The van der Waals surface area contributed by atoms with Crippen molar-refractivity contribution in [2.75, 3.05) is 87.2 Å². The standard InChI is InChI=1S/C19H26BrN4.C19H26ClN4.2C13H14N4.CH4/c2*1-23(2)18-12-10-17(11-13-18)21-22-19-9-5-8-16-24(19)15-7-4-3-6-14-20;1-17(2)13-7-5-11(6-8-13)15-16-12-4-3-9-14-10-12;1-17(2)12-8-6-11(7-9-12)15-16-13-5-3-4-10-14-13;/h2*5,8-13,16H,3-4,6-7,14-15H2,1-2H3;2*3-10H,1-2H3;1H4/q2*+1;;;. The third-order valence-corrected chi connectivity index (χ3v) is 13.1. The van der Waals surface area contributed by atoms with Gasteiger partial charge in [-0.3, -0.25) is 4.98 Å². The van der Waals surface area contributed by atoms with Gasteiger partial charge in [-0.25, -0.2) is 14.1 Å². The second-order valence-electron chi connectivity index (χ2n) is 19.6. The van der Waals surface area contributed by atoms with Crippen LogP contribution in [0.15, 0.2) is 236 Å². The molecule has 8 rings (SSSR count). The lowest BCUT2D eigenvalue weighted by molar-refractivity contribution is -0.685. The van der Waals surface area contributed by atoms with Crippen LogP contribution in [0.4, 0.5) is 68.6 Å². The van der Waals surface area contributed by atoms with Gasteiger partial charge in [-0.05, 0) is 182 Å². The maximum atomic E-state index is 5.71. The van der Waals surface area contributed by atoms with Crippen LogP contribution in [0, 0.1) is 0 Å². The minimum atomic E-state index is 0. The lowest BCUT2D eigenvalue weighted by Crippen LogP contribution is -2.33. The number of hydrogen-bond acceptors (Lipinski definition) is 14. The molecule has 16 nitrogen and oxygen atoms in total. The van der Waals surface area contributed by atoms with E-state index in [9.17, 15) is 0 Å². The number of rotatable bonds is 24. The number of alkyl halides is 2. The normalized spacial score (nSPS) is 10.8. The number of anilines is 4. The van der Waals surface area contributed by atoms with E-state index in [0.717, 1.165) is 100.0 Å². The number of halogens is 2. The molecular weight excluding hydrogens is 1120 g/mol. The van der Waals surface area contributed by atoms with Crippen molar-refractivity contribution in [1.29, 1.82) is 0 Å². The molecule has 0 saturated carbocycles. The van der Waals surface area contributed by atoms with Crippen molar-refractivity contribution in [2.24, 2.45) is 40.9 Å². The number of aromatic nitrogens is 4. The maximum absolute atomic E-state index is 5.71. The summed E-state index contributed by atoms with van der Waals surface area (Å²) in [7, 11) is 16.1. The van der Waals surface area contributed by atoms with Crippen molar-refractivity contribution in [2.45, 2.75) is 71.9 Å². The molecule has 436 valence electrons. The van der Waals surface area contributed by atoms with Crippen molar-refractivity contribution in [3.05, 3.63) is 195 Å². The number of hydrogen-bond donors (Lipinski definition) is 0. The van der Waals surface area contributed by atoms with E-state index in [1.165, 1.54) is 38.5 Å². The molecule has 4 heterocycles. The predicted molar refractivity (Wildman–Crippen MR) is 350 cm³/mol. The molecule has 0 atom stereocenters. The predicted octanol–water partition coefficient (Wildman–Crippen LogP) is 18.4. The highest BCUT2D eigenvalue weighted by molar-refractivity contribution is 9.09. The number of pyridine rings is 4. The second kappa shape index (κ2) is 39.3. The van der Waals surface area contributed by atoms with Crippen LogP contribution in [0.25, 0.3) is 0 Å². The zero-order chi connectivity index (χ0) is 58.6. The van der Waals surface area contributed by atoms with E-state index in [-0.39, 0.29) is 7.43 Å². The van der Waals surface area contributed by atoms with Gasteiger partial charge in [0.25, 0.3) is 0 Å². The first kappa shape index (κ1) is 67.4. The van der Waals surface area contributed by atoms with Crippen molar-refractivity contribution >= 4 is 96.2 Å². The van der Waals surface area contributed by atoms with E-state index in [2.05, 4.69) is 110 Å². The molecule has 0 spiro atoms. The molecule has 0 amide bonds. The Labute approximate surface area is 507 Å². The summed E-state index contributed by atoms with van der Waals surface area (Å²) in [6.45, 7) is 1.94. The van der Waals surface area contributed by atoms with Gasteiger partial charge >= 0.3 is 11.6 Å². The van der Waals surface area contributed by atoms with Crippen LogP contribution >= 0.6 is 27.5 Å². The van der Waals surface area contributed by atoms with E-state index >= 15 is 0 Å². The van der Waals surface area contributed by atoms with Crippen LogP contribution in [-0.2, 0) is 13.1 Å². The molecule has 0 N–H and O–H groups in total. The highest BCUT2D eigenvalue weighted by atomic mass is 79.9. The minimum absolute atomic E-state index is 0. The zero-order valence-corrected chi connectivity index (χ0v) is 51.2. The molecule has 4 aromatic carbocycles. The molecule has 0 bridgehead atoms. The SMILES string of the molecule is C.CN(C)c1ccc(N=Nc2cccc[n+]2CCCCCCBr)cc1.CN(C)c1ccc(N=Nc2cccc[n+]2CCCCCCCl)cc1.CN(C)c1ccc(N=Nc2ccccn2)cc1.CN(C)c1ccc(N=Nc2cccnc2)cc1. The summed E-state index contributed by atoms with van der Waals surface area (Å²) in [5.74, 6) is 3.15.